The van der Waals surface area contributed by atoms with Crippen molar-refractivity contribution in [1.29, 1.82) is 5.26 Å². The van der Waals surface area contributed by atoms with Crippen molar-refractivity contribution in [2.24, 2.45) is 0 Å². The molecular weight excluding hydrogens is 599 g/mol. The summed E-state index contributed by atoms with van der Waals surface area (Å²) in [6.45, 7) is 3.29. The molecule has 46 heavy (non-hydrogen) atoms. The first kappa shape index (κ1) is 32.1. The minimum Gasteiger partial charge on any atom is -0.368 e. The average Bonchev–Trinajstić information content (AvgIpc) is 3.03. The largest absolute Gasteiger partial charge is 0.433 e. The number of nitrogen functional groups attached to an aromatic ring is 1. The molecule has 1 saturated heterocycles. The van der Waals surface area contributed by atoms with E-state index >= 15 is 0 Å². The number of carbonyl (C=O) groups excluding carboxylic acids is 2. The van der Waals surface area contributed by atoms with Crippen molar-refractivity contribution in [2.75, 3.05) is 58.0 Å². The van der Waals surface area contributed by atoms with E-state index in [2.05, 4.69) is 37.1 Å². The van der Waals surface area contributed by atoms with E-state index in [0.29, 0.717) is 22.5 Å². The van der Waals surface area contributed by atoms with Crippen LogP contribution in [0.1, 0.15) is 27.2 Å². The fraction of sp³-hybridized carbons (Fsp3) is 0.312. The number of amides is 2. The summed E-state index contributed by atoms with van der Waals surface area (Å²) >= 11 is 0. The van der Waals surface area contributed by atoms with Crippen molar-refractivity contribution in [3.63, 3.8) is 0 Å². The second kappa shape index (κ2) is 13.0. The van der Waals surface area contributed by atoms with Gasteiger partial charge in [0.05, 0.1) is 16.8 Å². The summed E-state index contributed by atoms with van der Waals surface area (Å²) in [5.74, 6) is -0.0588. The molecule has 0 saturated carbocycles. The van der Waals surface area contributed by atoms with Gasteiger partial charge in [-0.15, -0.1) is 0 Å². The summed E-state index contributed by atoms with van der Waals surface area (Å²) < 4.78 is 39.8. The Labute approximate surface area is 263 Å². The van der Waals surface area contributed by atoms with Crippen LogP contribution >= 0.6 is 0 Å². The second-order valence-corrected chi connectivity index (χ2v) is 11.3. The number of benzene rings is 2. The molecule has 0 aliphatic carbocycles. The van der Waals surface area contributed by atoms with Crippen molar-refractivity contribution in [3.05, 3.63) is 77.0 Å². The topological polar surface area (TPSA) is 144 Å². The number of hydrogen-bond donors (Lipinski definition) is 2. The Morgan fingerprint density at radius 3 is 2.35 bits per heavy atom. The van der Waals surface area contributed by atoms with Crippen LogP contribution in [0.4, 0.5) is 24.9 Å². The maximum Gasteiger partial charge on any atom is 0.433 e. The zero-order valence-electron chi connectivity index (χ0n) is 25.5. The Bertz CT molecular complexity index is 1810. The molecule has 3 heterocycles. The highest BCUT2D eigenvalue weighted by Gasteiger charge is 2.33. The van der Waals surface area contributed by atoms with Crippen LogP contribution in [0.25, 0.3) is 22.2 Å². The van der Waals surface area contributed by atoms with Crippen LogP contribution in [0.15, 0.2) is 54.6 Å². The molecule has 0 bridgehead atoms. The summed E-state index contributed by atoms with van der Waals surface area (Å²) in [6.07, 6.45) is -4.57. The quantitative estimate of drug-likeness (QED) is 0.314. The number of rotatable bonds is 7. The van der Waals surface area contributed by atoms with Crippen LogP contribution in [0.3, 0.4) is 0 Å². The Hall–Kier alpha value is -5.29. The normalized spacial score (nSPS) is 14.5. The summed E-state index contributed by atoms with van der Waals surface area (Å²) in [5.41, 5.74) is 6.53. The fourth-order valence-corrected chi connectivity index (χ4v) is 5.25. The van der Waals surface area contributed by atoms with Gasteiger partial charge >= 0.3 is 6.18 Å². The number of fused-ring (bicyclic) bond motifs is 1. The zero-order valence-corrected chi connectivity index (χ0v) is 25.5. The van der Waals surface area contributed by atoms with Gasteiger partial charge in [0, 0.05) is 63.2 Å². The molecule has 1 fully saturated rings. The second-order valence-electron chi connectivity index (χ2n) is 11.3. The molecule has 1 aliphatic rings. The van der Waals surface area contributed by atoms with E-state index < -0.39 is 23.8 Å². The smallest absolute Gasteiger partial charge is 0.368 e. The molecule has 2 aromatic carbocycles. The first-order valence-corrected chi connectivity index (χ1v) is 14.4. The predicted molar refractivity (Wildman–Crippen MR) is 167 cm³/mol. The van der Waals surface area contributed by atoms with Gasteiger partial charge in [-0.2, -0.15) is 23.4 Å². The van der Waals surface area contributed by atoms with Gasteiger partial charge in [0.25, 0.3) is 5.91 Å². The first-order chi connectivity index (χ1) is 21.8. The van der Waals surface area contributed by atoms with Crippen LogP contribution in [0.2, 0.25) is 0 Å². The van der Waals surface area contributed by atoms with Crippen LogP contribution in [-0.4, -0.2) is 89.9 Å². The van der Waals surface area contributed by atoms with Crippen LogP contribution < -0.4 is 16.0 Å². The molecule has 1 atom stereocenters. The van der Waals surface area contributed by atoms with E-state index in [1.165, 1.54) is 17.0 Å². The van der Waals surface area contributed by atoms with Gasteiger partial charge in [0.1, 0.15) is 23.6 Å². The standard InChI is InChI=1S/C32H32F3N9O2/c1-42(2)30(46)25(16-19-4-6-20(7-5-19)27-22(18-36)9-11-26(40-27)32(33,34)35)38-29(45)21-8-10-23-24(17-21)39-31(37)41-28(23)44-14-12-43(3)13-15-44/h4-11,17,25H,12-16H2,1-3H3,(H,38,45)(H2,37,39,41). The molecule has 11 nitrogen and oxygen atoms in total. The number of carbonyl (C=O) groups is 2. The number of anilines is 2. The van der Waals surface area contributed by atoms with Crippen molar-refractivity contribution in [3.8, 4) is 17.3 Å². The maximum atomic E-state index is 13.4. The molecule has 2 amide bonds. The minimum absolute atomic E-state index is 0.00765. The van der Waals surface area contributed by atoms with Crippen molar-refractivity contribution in [1.82, 2.24) is 30.1 Å². The lowest BCUT2D eigenvalue weighted by molar-refractivity contribution is -0.141. The fourth-order valence-electron chi connectivity index (χ4n) is 5.25. The number of nitrogens with one attached hydrogen (secondary N) is 1. The number of nitrogens with zero attached hydrogens (tertiary/aromatic N) is 7. The van der Waals surface area contributed by atoms with Gasteiger partial charge in [-0.3, -0.25) is 9.59 Å². The van der Waals surface area contributed by atoms with Gasteiger partial charge in [-0.1, -0.05) is 24.3 Å². The highest BCUT2D eigenvalue weighted by Crippen LogP contribution is 2.31. The number of aromatic nitrogens is 3. The summed E-state index contributed by atoms with van der Waals surface area (Å²) in [7, 11) is 5.20. The number of alkyl halides is 3. The Morgan fingerprint density at radius 1 is 1.02 bits per heavy atom. The number of hydrogen-bond acceptors (Lipinski definition) is 9. The lowest BCUT2D eigenvalue weighted by atomic mass is 10.00. The minimum atomic E-state index is -4.67. The monoisotopic (exact) mass is 631 g/mol. The summed E-state index contributed by atoms with van der Waals surface area (Å²) in [4.78, 5) is 44.8. The van der Waals surface area contributed by atoms with Crippen molar-refractivity contribution in [2.45, 2.75) is 18.6 Å². The van der Waals surface area contributed by atoms with Crippen LogP contribution in [0, 0.1) is 11.3 Å². The number of piperazine rings is 1. The highest BCUT2D eigenvalue weighted by atomic mass is 19.4. The van der Waals surface area contributed by atoms with E-state index in [1.54, 1.807) is 44.4 Å². The molecular formula is C32H32F3N9O2. The predicted octanol–water partition coefficient (Wildman–Crippen LogP) is 3.35. The maximum absolute atomic E-state index is 13.4. The van der Waals surface area contributed by atoms with E-state index in [0.717, 1.165) is 43.7 Å². The molecule has 5 rings (SSSR count). The van der Waals surface area contributed by atoms with Gasteiger partial charge in [-0.05, 0) is 42.9 Å². The Balaban J connectivity index is 1.37. The van der Waals surface area contributed by atoms with Gasteiger partial charge in [0.2, 0.25) is 11.9 Å². The van der Waals surface area contributed by atoms with Gasteiger partial charge < -0.3 is 25.8 Å². The van der Waals surface area contributed by atoms with E-state index in [1.807, 2.05) is 6.07 Å². The molecule has 3 N–H and O–H groups in total. The highest BCUT2D eigenvalue weighted by molar-refractivity contribution is 6.02. The zero-order chi connectivity index (χ0) is 33.2. The third kappa shape index (κ3) is 7.00. The number of pyridine rings is 1. The SMILES string of the molecule is CN1CCN(c2nc(N)nc3cc(C(=O)NC(Cc4ccc(-c5nc(C(F)(F)F)ccc5C#N)cc4)C(=O)N(C)C)ccc23)CC1. The van der Waals surface area contributed by atoms with E-state index in [4.69, 9.17) is 5.73 Å². The van der Waals surface area contributed by atoms with E-state index in [9.17, 15) is 28.0 Å². The lowest BCUT2D eigenvalue weighted by Crippen LogP contribution is -2.47. The number of halogens is 3. The van der Waals surface area contributed by atoms with Crippen LogP contribution in [-0.2, 0) is 17.4 Å². The van der Waals surface area contributed by atoms with Gasteiger partial charge in [0.15, 0.2) is 0 Å². The summed E-state index contributed by atoms with van der Waals surface area (Å²) in [5, 5.41) is 13.0. The lowest BCUT2D eigenvalue weighted by Gasteiger charge is -2.33. The molecule has 0 spiro atoms. The molecule has 238 valence electrons. The molecule has 1 unspecified atom stereocenters. The first-order valence-electron chi connectivity index (χ1n) is 14.4. The Kier molecular flexibility index (Phi) is 9.06. The molecule has 1 aliphatic heterocycles. The molecule has 14 heteroatoms. The van der Waals surface area contributed by atoms with E-state index in [-0.39, 0.29) is 35.1 Å². The van der Waals surface area contributed by atoms with Gasteiger partial charge in [-0.25, -0.2) is 9.97 Å². The number of nitrogens with two attached hydrogens (primary N) is 1. The number of likely N-dealkylation sites (N-methyl/N-ethyl adjacent to an activating group) is 2. The third-order valence-electron chi connectivity index (χ3n) is 7.78. The molecule has 0 radical (unpaired) electrons. The molecule has 4 aromatic rings. The Morgan fingerprint density at radius 2 is 1.72 bits per heavy atom. The number of nitriles is 1. The average molecular weight is 632 g/mol. The summed E-state index contributed by atoms with van der Waals surface area (Å²) in [6, 6.07) is 14.1. The van der Waals surface area contributed by atoms with Crippen LogP contribution in [0.5, 0.6) is 0 Å². The third-order valence-corrected chi connectivity index (χ3v) is 7.78. The van der Waals surface area contributed by atoms with Crippen molar-refractivity contribution < 1.29 is 22.8 Å². The molecule has 2 aromatic heterocycles. The van der Waals surface area contributed by atoms with Crippen molar-refractivity contribution >= 4 is 34.5 Å².